The van der Waals surface area contributed by atoms with Crippen LogP contribution >= 0.6 is 0 Å². The lowest BCUT2D eigenvalue weighted by atomic mass is 10.1. The fourth-order valence-corrected chi connectivity index (χ4v) is 3.10. The van der Waals surface area contributed by atoms with E-state index in [2.05, 4.69) is 0 Å². The maximum Gasteiger partial charge on any atom is 0.150 e. The molecule has 1 aliphatic heterocycles. The molecule has 0 spiro atoms. The highest BCUT2D eigenvalue weighted by Gasteiger charge is 2.22. The molecule has 1 fully saturated rings. The minimum Gasteiger partial charge on any atom is -0.330 e. The van der Waals surface area contributed by atoms with Gasteiger partial charge in [-0.05, 0) is 25.3 Å². The van der Waals surface area contributed by atoms with Crippen LogP contribution in [-0.2, 0) is 9.84 Å². The van der Waals surface area contributed by atoms with E-state index in [0.29, 0.717) is 18.1 Å². The summed E-state index contributed by atoms with van der Waals surface area (Å²) in [6.07, 6.45) is 1.78. The van der Waals surface area contributed by atoms with Crippen LogP contribution in [0.5, 0.6) is 0 Å². The van der Waals surface area contributed by atoms with Crippen molar-refractivity contribution in [3.8, 4) is 0 Å². The van der Waals surface area contributed by atoms with Crippen molar-refractivity contribution in [1.29, 1.82) is 0 Å². The number of nitrogens with two attached hydrogens (primary N) is 1. The molecule has 0 aliphatic carbocycles. The van der Waals surface area contributed by atoms with Crippen molar-refractivity contribution in [2.24, 2.45) is 11.7 Å². The summed E-state index contributed by atoms with van der Waals surface area (Å²) in [5, 5.41) is 0. The lowest BCUT2D eigenvalue weighted by Crippen LogP contribution is -2.29. The van der Waals surface area contributed by atoms with Gasteiger partial charge in [0, 0.05) is 0 Å². The Morgan fingerprint density at radius 3 is 2.60 bits per heavy atom. The molecule has 1 saturated heterocycles. The quantitative estimate of drug-likeness (QED) is 0.581. The van der Waals surface area contributed by atoms with Crippen LogP contribution in [0.15, 0.2) is 0 Å². The van der Waals surface area contributed by atoms with E-state index in [9.17, 15) is 8.42 Å². The first kappa shape index (κ1) is 8.01. The van der Waals surface area contributed by atoms with Crippen molar-refractivity contribution in [3.63, 3.8) is 0 Å². The van der Waals surface area contributed by atoms with Gasteiger partial charge in [-0.1, -0.05) is 0 Å². The van der Waals surface area contributed by atoms with Gasteiger partial charge in [0.1, 0.15) is 0 Å². The lowest BCUT2D eigenvalue weighted by molar-refractivity contribution is 0.493. The molecule has 0 saturated carbocycles. The fourth-order valence-electron chi connectivity index (χ4n) is 1.30. The van der Waals surface area contributed by atoms with Gasteiger partial charge in [0.25, 0.3) is 0 Å². The van der Waals surface area contributed by atoms with E-state index in [1.54, 1.807) is 0 Å². The molecular weight excluding hydrogens is 150 g/mol. The van der Waals surface area contributed by atoms with E-state index < -0.39 is 9.84 Å². The molecule has 0 bridgehead atoms. The minimum absolute atomic E-state index is 0.221. The van der Waals surface area contributed by atoms with Crippen molar-refractivity contribution in [3.05, 3.63) is 0 Å². The highest BCUT2D eigenvalue weighted by molar-refractivity contribution is 7.91. The second kappa shape index (κ2) is 2.88. The van der Waals surface area contributed by atoms with E-state index >= 15 is 0 Å². The molecule has 0 radical (unpaired) electrons. The molecule has 3 nitrogen and oxygen atoms in total. The van der Waals surface area contributed by atoms with Crippen molar-refractivity contribution >= 4 is 9.84 Å². The number of sulfone groups is 1. The van der Waals surface area contributed by atoms with Crippen molar-refractivity contribution in [2.45, 2.75) is 12.8 Å². The Bertz CT molecular complexity index is 198. The van der Waals surface area contributed by atoms with Crippen LogP contribution in [0.25, 0.3) is 0 Å². The van der Waals surface area contributed by atoms with E-state index in [-0.39, 0.29) is 5.92 Å². The largest absolute Gasteiger partial charge is 0.330 e. The normalized spacial score (nSPS) is 31.9. The summed E-state index contributed by atoms with van der Waals surface area (Å²) in [6, 6.07) is 0. The van der Waals surface area contributed by atoms with Crippen molar-refractivity contribution in [2.75, 3.05) is 18.1 Å². The molecule has 0 aromatic heterocycles. The summed E-state index contributed by atoms with van der Waals surface area (Å²) in [4.78, 5) is 0. The Labute approximate surface area is 61.5 Å². The third-order valence-electron chi connectivity index (χ3n) is 1.89. The van der Waals surface area contributed by atoms with Crippen molar-refractivity contribution < 1.29 is 8.42 Å². The molecule has 2 N–H and O–H groups in total. The molecule has 60 valence electrons. The smallest absolute Gasteiger partial charge is 0.150 e. The summed E-state index contributed by atoms with van der Waals surface area (Å²) in [7, 11) is -2.72. The van der Waals surface area contributed by atoms with Gasteiger partial charge in [-0.2, -0.15) is 0 Å². The third-order valence-corrected chi connectivity index (χ3v) is 3.78. The molecule has 1 rings (SSSR count). The first-order chi connectivity index (χ1) is 4.64. The predicted molar refractivity (Wildman–Crippen MR) is 40.4 cm³/mol. The molecule has 1 heterocycles. The zero-order valence-electron chi connectivity index (χ0n) is 5.91. The summed E-state index contributed by atoms with van der Waals surface area (Å²) in [5.74, 6) is 0.895. The van der Waals surface area contributed by atoms with Gasteiger partial charge in [-0.3, -0.25) is 0 Å². The first-order valence-corrected chi connectivity index (χ1v) is 5.37. The Morgan fingerprint density at radius 2 is 2.20 bits per heavy atom. The zero-order valence-corrected chi connectivity index (χ0v) is 6.73. The standard InChI is InChI=1S/C6H13NO2S/c7-4-6-2-1-3-10(8,9)5-6/h6H,1-5,7H2/t6-/m0/s1. The highest BCUT2D eigenvalue weighted by Crippen LogP contribution is 2.16. The van der Waals surface area contributed by atoms with Crippen molar-refractivity contribution in [1.82, 2.24) is 0 Å². The molecule has 1 aliphatic rings. The SMILES string of the molecule is NC[C@@H]1CCCS(=O)(=O)C1. The van der Waals surface area contributed by atoms with Gasteiger partial charge in [0.2, 0.25) is 0 Å². The monoisotopic (exact) mass is 163 g/mol. The van der Waals surface area contributed by atoms with E-state index in [1.807, 2.05) is 0 Å². The number of rotatable bonds is 1. The van der Waals surface area contributed by atoms with E-state index in [0.717, 1.165) is 12.8 Å². The van der Waals surface area contributed by atoms with Gasteiger partial charge in [0.05, 0.1) is 11.5 Å². The van der Waals surface area contributed by atoms with Crippen LogP contribution < -0.4 is 5.73 Å². The predicted octanol–water partition coefficient (Wildman–Crippen LogP) is -0.230. The molecular formula is C6H13NO2S. The lowest BCUT2D eigenvalue weighted by Gasteiger charge is -2.19. The summed E-state index contributed by atoms with van der Waals surface area (Å²) < 4.78 is 21.9. The molecule has 0 aromatic carbocycles. The van der Waals surface area contributed by atoms with E-state index in [1.165, 1.54) is 0 Å². The molecule has 0 aromatic rings. The van der Waals surface area contributed by atoms with Gasteiger partial charge in [-0.25, -0.2) is 8.42 Å². The Balaban J connectivity index is 2.56. The fraction of sp³-hybridized carbons (Fsp3) is 1.00. The first-order valence-electron chi connectivity index (χ1n) is 3.54. The summed E-state index contributed by atoms with van der Waals surface area (Å²) in [5.41, 5.74) is 5.36. The van der Waals surface area contributed by atoms with Gasteiger partial charge in [0.15, 0.2) is 9.84 Å². The van der Waals surface area contributed by atoms with Gasteiger partial charge < -0.3 is 5.73 Å². The average molecular weight is 163 g/mol. The summed E-state index contributed by atoms with van der Waals surface area (Å²) >= 11 is 0. The van der Waals surface area contributed by atoms with Crippen LogP contribution in [0.2, 0.25) is 0 Å². The number of hydrogen-bond donors (Lipinski definition) is 1. The molecule has 0 unspecified atom stereocenters. The second-order valence-electron chi connectivity index (χ2n) is 2.86. The third kappa shape index (κ3) is 1.95. The highest BCUT2D eigenvalue weighted by atomic mass is 32.2. The molecule has 0 amide bonds. The van der Waals surface area contributed by atoms with Gasteiger partial charge >= 0.3 is 0 Å². The summed E-state index contributed by atoms with van der Waals surface area (Å²) in [6.45, 7) is 0.513. The van der Waals surface area contributed by atoms with E-state index in [4.69, 9.17) is 5.73 Å². The van der Waals surface area contributed by atoms with Crippen LogP contribution in [0.3, 0.4) is 0 Å². The molecule has 10 heavy (non-hydrogen) atoms. The van der Waals surface area contributed by atoms with Crippen LogP contribution in [0, 0.1) is 5.92 Å². The molecule has 4 heteroatoms. The average Bonchev–Trinajstić information content (AvgIpc) is 1.86. The Morgan fingerprint density at radius 1 is 1.50 bits per heavy atom. The molecule has 1 atom stereocenters. The Hall–Kier alpha value is -0.0900. The maximum absolute atomic E-state index is 11.0. The zero-order chi connectivity index (χ0) is 7.61. The topological polar surface area (TPSA) is 60.2 Å². The van der Waals surface area contributed by atoms with Crippen LogP contribution in [0.4, 0.5) is 0 Å². The second-order valence-corrected chi connectivity index (χ2v) is 5.09. The minimum atomic E-state index is -2.72. The van der Waals surface area contributed by atoms with Crippen LogP contribution in [0.1, 0.15) is 12.8 Å². The Kier molecular flexibility index (Phi) is 2.31. The van der Waals surface area contributed by atoms with Gasteiger partial charge in [-0.15, -0.1) is 0 Å². The number of hydrogen-bond acceptors (Lipinski definition) is 3. The van der Waals surface area contributed by atoms with Crippen LogP contribution in [-0.4, -0.2) is 26.5 Å². The maximum atomic E-state index is 11.0.